The molecule has 5 rings (SSSR count). The standard InChI is InChI=1S/C27H27N3O6S/c1-27(26(32)28-13-18-6-4-5-7-21(18)34-3)15-35-23-19-9-8-17(20-14-37-16-29-20)12-22(19)36-24(23)25(31)30(27)10-11-33-2/h4-9,12,14,16H,10-11,13,15H2,1-3H3,(H,28,32). The Bertz CT molecular complexity index is 1430. The number of benzene rings is 2. The summed E-state index contributed by atoms with van der Waals surface area (Å²) in [6, 6.07) is 13.0. The second-order valence-electron chi connectivity index (χ2n) is 8.85. The van der Waals surface area contributed by atoms with E-state index in [0.717, 1.165) is 16.8 Å². The van der Waals surface area contributed by atoms with Gasteiger partial charge in [-0.15, -0.1) is 11.3 Å². The molecule has 1 N–H and O–H groups in total. The van der Waals surface area contributed by atoms with E-state index in [1.54, 1.807) is 26.7 Å². The van der Waals surface area contributed by atoms with E-state index in [2.05, 4.69) is 10.3 Å². The van der Waals surface area contributed by atoms with Crippen molar-refractivity contribution in [3.05, 3.63) is 64.7 Å². The van der Waals surface area contributed by atoms with Crippen molar-refractivity contribution in [3.63, 3.8) is 0 Å². The lowest BCUT2D eigenvalue weighted by Gasteiger charge is -2.37. The van der Waals surface area contributed by atoms with Crippen LogP contribution in [0.4, 0.5) is 0 Å². The molecule has 0 aliphatic carbocycles. The summed E-state index contributed by atoms with van der Waals surface area (Å²) in [5, 5.41) is 5.55. The Labute approximate surface area is 217 Å². The fourth-order valence-corrected chi connectivity index (χ4v) is 5.00. The molecule has 0 bridgehead atoms. The van der Waals surface area contributed by atoms with E-state index in [-0.39, 0.29) is 38.0 Å². The number of hydrogen-bond acceptors (Lipinski definition) is 8. The Kier molecular flexibility index (Phi) is 6.86. The molecule has 2 amide bonds. The van der Waals surface area contributed by atoms with E-state index < -0.39 is 11.4 Å². The highest BCUT2D eigenvalue weighted by Crippen LogP contribution is 2.40. The number of carbonyl (C=O) groups is 2. The molecular weight excluding hydrogens is 494 g/mol. The van der Waals surface area contributed by atoms with E-state index in [1.807, 2.05) is 47.8 Å². The summed E-state index contributed by atoms with van der Waals surface area (Å²) < 4.78 is 22.8. The van der Waals surface area contributed by atoms with Crippen molar-refractivity contribution in [2.45, 2.75) is 19.0 Å². The van der Waals surface area contributed by atoms with Crippen molar-refractivity contribution < 1.29 is 28.2 Å². The van der Waals surface area contributed by atoms with Crippen molar-refractivity contribution >= 4 is 34.1 Å². The lowest BCUT2D eigenvalue weighted by atomic mass is 9.99. The molecule has 0 spiro atoms. The highest BCUT2D eigenvalue weighted by Gasteiger charge is 2.47. The lowest BCUT2D eigenvalue weighted by molar-refractivity contribution is -0.133. The number of fused-ring (bicyclic) bond motifs is 3. The van der Waals surface area contributed by atoms with Crippen molar-refractivity contribution in [3.8, 4) is 22.8 Å². The summed E-state index contributed by atoms with van der Waals surface area (Å²) in [5.74, 6) is 0.255. The summed E-state index contributed by atoms with van der Waals surface area (Å²) >= 11 is 1.50. The van der Waals surface area contributed by atoms with Crippen LogP contribution in [-0.2, 0) is 16.1 Å². The van der Waals surface area contributed by atoms with E-state index in [4.69, 9.17) is 18.6 Å². The van der Waals surface area contributed by atoms with Crippen molar-refractivity contribution in [1.82, 2.24) is 15.2 Å². The molecule has 1 aliphatic rings. The number of aromatic nitrogens is 1. The van der Waals surface area contributed by atoms with Gasteiger partial charge >= 0.3 is 0 Å². The third kappa shape index (κ3) is 4.54. The van der Waals surface area contributed by atoms with Crippen LogP contribution in [-0.4, -0.2) is 61.2 Å². The minimum Gasteiger partial charge on any atom is -0.496 e. The third-order valence-electron chi connectivity index (χ3n) is 6.55. The van der Waals surface area contributed by atoms with Crippen LogP contribution in [0.25, 0.3) is 22.2 Å². The van der Waals surface area contributed by atoms with Crippen LogP contribution < -0.4 is 14.8 Å². The predicted molar refractivity (Wildman–Crippen MR) is 139 cm³/mol. The summed E-state index contributed by atoms with van der Waals surface area (Å²) in [7, 11) is 3.13. The fraction of sp³-hybridized carbons (Fsp3) is 0.296. The van der Waals surface area contributed by atoms with Gasteiger partial charge in [-0.2, -0.15) is 0 Å². The van der Waals surface area contributed by atoms with Gasteiger partial charge in [0.05, 0.1) is 30.3 Å². The zero-order chi connectivity index (χ0) is 26.0. The second kappa shape index (κ2) is 10.2. The van der Waals surface area contributed by atoms with Crippen LogP contribution in [0.15, 0.2) is 57.8 Å². The highest BCUT2D eigenvalue weighted by molar-refractivity contribution is 7.07. The normalized spacial score (nSPS) is 17.3. The number of para-hydroxylation sites is 1. The Morgan fingerprint density at radius 2 is 2.08 bits per heavy atom. The largest absolute Gasteiger partial charge is 0.496 e. The monoisotopic (exact) mass is 521 g/mol. The average molecular weight is 522 g/mol. The first-order chi connectivity index (χ1) is 18.0. The van der Waals surface area contributed by atoms with Gasteiger partial charge in [-0.25, -0.2) is 4.98 Å². The Morgan fingerprint density at radius 1 is 1.24 bits per heavy atom. The molecule has 0 saturated heterocycles. The first kappa shape index (κ1) is 24.8. The van der Waals surface area contributed by atoms with E-state index >= 15 is 0 Å². The number of thiazole rings is 1. The van der Waals surface area contributed by atoms with Gasteiger partial charge in [0, 0.05) is 36.7 Å². The van der Waals surface area contributed by atoms with Crippen LogP contribution in [0.3, 0.4) is 0 Å². The first-order valence-electron chi connectivity index (χ1n) is 11.7. The van der Waals surface area contributed by atoms with Gasteiger partial charge in [-0.3, -0.25) is 9.59 Å². The molecule has 0 saturated carbocycles. The minimum atomic E-state index is -1.31. The van der Waals surface area contributed by atoms with Crippen LogP contribution in [0, 0.1) is 0 Å². The van der Waals surface area contributed by atoms with Crippen LogP contribution in [0.5, 0.6) is 11.5 Å². The Hall–Kier alpha value is -3.89. The second-order valence-corrected chi connectivity index (χ2v) is 9.57. The zero-order valence-corrected chi connectivity index (χ0v) is 21.6. The van der Waals surface area contributed by atoms with E-state index in [9.17, 15) is 9.59 Å². The molecule has 10 heteroatoms. The molecule has 0 radical (unpaired) electrons. The molecule has 0 fully saturated rings. The van der Waals surface area contributed by atoms with E-state index in [1.165, 1.54) is 16.2 Å². The molecule has 9 nitrogen and oxygen atoms in total. The molecule has 37 heavy (non-hydrogen) atoms. The topological polar surface area (TPSA) is 103 Å². The maximum atomic E-state index is 13.8. The third-order valence-corrected chi connectivity index (χ3v) is 7.13. The zero-order valence-electron chi connectivity index (χ0n) is 20.8. The maximum Gasteiger partial charge on any atom is 0.294 e. The van der Waals surface area contributed by atoms with Crippen LogP contribution in [0.1, 0.15) is 23.0 Å². The number of nitrogens with one attached hydrogen (secondary N) is 1. The van der Waals surface area contributed by atoms with Crippen molar-refractivity contribution in [1.29, 1.82) is 0 Å². The van der Waals surface area contributed by atoms with Gasteiger partial charge in [0.1, 0.15) is 17.9 Å². The molecule has 1 aliphatic heterocycles. The SMILES string of the molecule is COCCN1C(=O)c2oc3cc(-c4cscn4)ccc3c2OCC1(C)C(=O)NCc1ccccc1OC. The molecule has 1 unspecified atom stereocenters. The highest BCUT2D eigenvalue weighted by atomic mass is 32.1. The maximum absolute atomic E-state index is 13.8. The molecular formula is C27H27N3O6S. The van der Waals surface area contributed by atoms with Crippen LogP contribution >= 0.6 is 11.3 Å². The molecule has 2 aromatic heterocycles. The number of ether oxygens (including phenoxy) is 3. The summed E-state index contributed by atoms with van der Waals surface area (Å²) in [6.45, 7) is 2.28. The van der Waals surface area contributed by atoms with Gasteiger partial charge in [0.25, 0.3) is 5.91 Å². The number of amides is 2. The molecule has 2 aromatic carbocycles. The fourth-order valence-electron chi connectivity index (χ4n) is 4.44. The van der Waals surface area contributed by atoms with Crippen LogP contribution in [0.2, 0.25) is 0 Å². The number of methoxy groups -OCH3 is 2. The molecule has 192 valence electrons. The Morgan fingerprint density at radius 3 is 2.84 bits per heavy atom. The van der Waals surface area contributed by atoms with Gasteiger partial charge in [0.2, 0.25) is 11.7 Å². The van der Waals surface area contributed by atoms with Gasteiger partial charge in [0.15, 0.2) is 11.3 Å². The van der Waals surface area contributed by atoms with Crippen molar-refractivity contribution in [2.75, 3.05) is 34.0 Å². The van der Waals surface area contributed by atoms with Gasteiger partial charge < -0.3 is 28.8 Å². The predicted octanol–water partition coefficient (Wildman–Crippen LogP) is 4.12. The lowest BCUT2D eigenvalue weighted by Crippen LogP contribution is -2.61. The number of carbonyl (C=O) groups excluding carboxylic acids is 2. The number of furan rings is 1. The summed E-state index contributed by atoms with van der Waals surface area (Å²) in [5.41, 5.74) is 3.48. The number of hydrogen-bond donors (Lipinski definition) is 1. The number of rotatable bonds is 8. The van der Waals surface area contributed by atoms with E-state index in [0.29, 0.717) is 22.5 Å². The Balaban J connectivity index is 1.46. The summed E-state index contributed by atoms with van der Waals surface area (Å²) in [6.07, 6.45) is 0. The molecule has 4 aromatic rings. The summed E-state index contributed by atoms with van der Waals surface area (Å²) in [4.78, 5) is 33.2. The van der Waals surface area contributed by atoms with Gasteiger partial charge in [-0.05, 0) is 25.1 Å². The smallest absolute Gasteiger partial charge is 0.294 e. The van der Waals surface area contributed by atoms with Crippen molar-refractivity contribution in [2.24, 2.45) is 0 Å². The number of nitrogens with zero attached hydrogens (tertiary/aromatic N) is 2. The average Bonchev–Trinajstić information content (AvgIpc) is 3.56. The quantitative estimate of drug-likeness (QED) is 0.372. The first-order valence-corrected chi connectivity index (χ1v) is 12.7. The molecule has 1 atom stereocenters. The minimum absolute atomic E-state index is 0.0581. The van der Waals surface area contributed by atoms with Gasteiger partial charge in [-0.1, -0.05) is 24.3 Å². The molecule has 3 heterocycles.